The monoisotopic (exact) mass is 237 g/mol. The molecule has 0 bridgehead atoms. The highest BCUT2D eigenvalue weighted by atomic mass is 15.5. The number of nitrogens with two attached hydrogens (primary N) is 1. The SMILES string of the molecule is CC1CCC(c2nnnn2CCCCN)CC1. The molecule has 17 heavy (non-hydrogen) atoms. The summed E-state index contributed by atoms with van der Waals surface area (Å²) in [7, 11) is 0. The van der Waals surface area contributed by atoms with E-state index in [0.717, 1.165) is 37.7 Å². The third-order valence-corrected chi connectivity index (χ3v) is 3.76. The summed E-state index contributed by atoms with van der Waals surface area (Å²) in [4.78, 5) is 0. The van der Waals surface area contributed by atoms with E-state index in [1.165, 1.54) is 25.7 Å². The minimum Gasteiger partial charge on any atom is -0.330 e. The van der Waals surface area contributed by atoms with Gasteiger partial charge < -0.3 is 5.73 Å². The topological polar surface area (TPSA) is 69.6 Å². The molecule has 0 aromatic carbocycles. The van der Waals surface area contributed by atoms with Crippen LogP contribution < -0.4 is 5.73 Å². The van der Waals surface area contributed by atoms with Gasteiger partial charge in [-0.25, -0.2) is 4.68 Å². The number of unbranched alkanes of at least 4 members (excludes halogenated alkanes) is 1. The number of nitrogens with zero attached hydrogens (tertiary/aromatic N) is 4. The van der Waals surface area contributed by atoms with Gasteiger partial charge in [-0.15, -0.1) is 5.10 Å². The third-order valence-electron chi connectivity index (χ3n) is 3.76. The Morgan fingerprint density at radius 2 is 2.00 bits per heavy atom. The van der Waals surface area contributed by atoms with Crippen molar-refractivity contribution in [3.63, 3.8) is 0 Å². The second-order valence-corrected chi connectivity index (χ2v) is 5.21. The maximum atomic E-state index is 5.50. The Morgan fingerprint density at radius 1 is 1.24 bits per heavy atom. The number of aromatic nitrogens is 4. The Kier molecular flexibility index (Phi) is 4.48. The number of aryl methyl sites for hydroxylation is 1. The molecule has 1 aliphatic rings. The van der Waals surface area contributed by atoms with Gasteiger partial charge in [0, 0.05) is 12.5 Å². The van der Waals surface area contributed by atoms with Gasteiger partial charge in [0.15, 0.2) is 5.82 Å². The van der Waals surface area contributed by atoms with Gasteiger partial charge in [-0.3, -0.25) is 0 Å². The first kappa shape index (κ1) is 12.5. The van der Waals surface area contributed by atoms with E-state index in [1.807, 2.05) is 4.68 Å². The molecule has 0 amide bonds. The first-order chi connectivity index (χ1) is 8.31. The van der Waals surface area contributed by atoms with E-state index in [-0.39, 0.29) is 0 Å². The molecule has 96 valence electrons. The predicted molar refractivity (Wildman–Crippen MR) is 66.5 cm³/mol. The molecule has 2 rings (SSSR count). The van der Waals surface area contributed by atoms with Crippen molar-refractivity contribution in [2.45, 2.75) is 57.9 Å². The van der Waals surface area contributed by atoms with Crippen LogP contribution >= 0.6 is 0 Å². The van der Waals surface area contributed by atoms with E-state index in [1.54, 1.807) is 0 Å². The van der Waals surface area contributed by atoms with E-state index < -0.39 is 0 Å². The quantitative estimate of drug-likeness (QED) is 0.791. The fraction of sp³-hybridized carbons (Fsp3) is 0.917. The third kappa shape index (κ3) is 3.25. The molecule has 1 aromatic rings. The van der Waals surface area contributed by atoms with Crippen LogP contribution in [0.25, 0.3) is 0 Å². The highest BCUT2D eigenvalue weighted by Gasteiger charge is 2.24. The molecule has 1 aromatic heterocycles. The van der Waals surface area contributed by atoms with Crippen molar-refractivity contribution < 1.29 is 0 Å². The molecule has 0 spiro atoms. The smallest absolute Gasteiger partial charge is 0.154 e. The van der Waals surface area contributed by atoms with Crippen LogP contribution in [0.3, 0.4) is 0 Å². The summed E-state index contributed by atoms with van der Waals surface area (Å²) in [5.41, 5.74) is 5.50. The van der Waals surface area contributed by atoms with Crippen LogP contribution in [0.4, 0.5) is 0 Å². The summed E-state index contributed by atoms with van der Waals surface area (Å²) in [6.07, 6.45) is 7.19. The van der Waals surface area contributed by atoms with E-state index in [9.17, 15) is 0 Å². The second-order valence-electron chi connectivity index (χ2n) is 5.21. The van der Waals surface area contributed by atoms with Gasteiger partial charge in [0.2, 0.25) is 0 Å². The summed E-state index contributed by atoms with van der Waals surface area (Å²) < 4.78 is 1.98. The normalized spacial score (nSPS) is 25.1. The summed E-state index contributed by atoms with van der Waals surface area (Å²) in [6, 6.07) is 0. The predicted octanol–water partition coefficient (Wildman–Crippen LogP) is 1.71. The number of tetrazole rings is 1. The van der Waals surface area contributed by atoms with Crippen molar-refractivity contribution in [2.75, 3.05) is 6.54 Å². The van der Waals surface area contributed by atoms with Crippen LogP contribution in [0, 0.1) is 5.92 Å². The van der Waals surface area contributed by atoms with Crippen LogP contribution in [0.2, 0.25) is 0 Å². The molecule has 0 unspecified atom stereocenters. The molecular weight excluding hydrogens is 214 g/mol. The molecule has 1 aliphatic carbocycles. The Labute approximate surface area is 103 Å². The average Bonchev–Trinajstić information content (AvgIpc) is 2.79. The van der Waals surface area contributed by atoms with Gasteiger partial charge in [-0.1, -0.05) is 19.8 Å². The van der Waals surface area contributed by atoms with Crippen molar-refractivity contribution in [1.82, 2.24) is 20.2 Å². The minimum atomic E-state index is 0.569. The number of hydrogen-bond acceptors (Lipinski definition) is 4. The highest BCUT2D eigenvalue weighted by molar-refractivity contribution is 4.95. The van der Waals surface area contributed by atoms with E-state index in [4.69, 9.17) is 5.73 Å². The summed E-state index contributed by atoms with van der Waals surface area (Å²) in [6.45, 7) is 3.99. The number of rotatable bonds is 5. The summed E-state index contributed by atoms with van der Waals surface area (Å²) >= 11 is 0. The molecule has 2 N–H and O–H groups in total. The van der Waals surface area contributed by atoms with Crippen LogP contribution in [-0.4, -0.2) is 26.8 Å². The Bertz CT molecular complexity index is 327. The molecule has 1 saturated carbocycles. The van der Waals surface area contributed by atoms with Gasteiger partial charge in [0.05, 0.1) is 0 Å². The van der Waals surface area contributed by atoms with Crippen LogP contribution in [0.5, 0.6) is 0 Å². The van der Waals surface area contributed by atoms with E-state index >= 15 is 0 Å². The standard InChI is InChI=1S/C12H23N5/c1-10-4-6-11(7-5-10)12-14-15-16-17(12)9-3-2-8-13/h10-11H,2-9,13H2,1H3. The first-order valence-corrected chi connectivity index (χ1v) is 6.77. The first-order valence-electron chi connectivity index (χ1n) is 6.77. The maximum absolute atomic E-state index is 5.50. The zero-order chi connectivity index (χ0) is 12.1. The largest absolute Gasteiger partial charge is 0.330 e. The summed E-state index contributed by atoms with van der Waals surface area (Å²) in [5, 5.41) is 12.1. The molecule has 0 radical (unpaired) electrons. The van der Waals surface area contributed by atoms with Crippen LogP contribution in [-0.2, 0) is 6.54 Å². The highest BCUT2D eigenvalue weighted by Crippen LogP contribution is 2.34. The Morgan fingerprint density at radius 3 is 2.71 bits per heavy atom. The molecule has 0 atom stereocenters. The van der Waals surface area contributed by atoms with Crippen molar-refractivity contribution in [3.05, 3.63) is 5.82 Å². The molecule has 5 heteroatoms. The fourth-order valence-corrected chi connectivity index (χ4v) is 2.59. The lowest BCUT2D eigenvalue weighted by Crippen LogP contribution is -2.16. The van der Waals surface area contributed by atoms with Crippen molar-refractivity contribution >= 4 is 0 Å². The zero-order valence-corrected chi connectivity index (χ0v) is 10.7. The molecule has 1 fully saturated rings. The molecular formula is C12H23N5. The number of hydrogen-bond donors (Lipinski definition) is 1. The Balaban J connectivity index is 1.93. The van der Waals surface area contributed by atoms with Gasteiger partial charge >= 0.3 is 0 Å². The average molecular weight is 237 g/mol. The Hall–Kier alpha value is -0.970. The van der Waals surface area contributed by atoms with Crippen molar-refractivity contribution in [1.29, 1.82) is 0 Å². The zero-order valence-electron chi connectivity index (χ0n) is 10.7. The van der Waals surface area contributed by atoms with Crippen molar-refractivity contribution in [2.24, 2.45) is 11.7 Å². The molecule has 1 heterocycles. The van der Waals surface area contributed by atoms with Gasteiger partial charge in [-0.05, 0) is 48.6 Å². The maximum Gasteiger partial charge on any atom is 0.154 e. The van der Waals surface area contributed by atoms with Gasteiger partial charge in [-0.2, -0.15) is 0 Å². The molecule has 0 aliphatic heterocycles. The lowest BCUT2D eigenvalue weighted by molar-refractivity contribution is 0.329. The van der Waals surface area contributed by atoms with Gasteiger partial charge in [0.25, 0.3) is 0 Å². The summed E-state index contributed by atoms with van der Waals surface area (Å²) in [5.74, 6) is 2.53. The van der Waals surface area contributed by atoms with E-state index in [2.05, 4.69) is 22.4 Å². The second kappa shape index (κ2) is 6.10. The van der Waals surface area contributed by atoms with Crippen LogP contribution in [0.15, 0.2) is 0 Å². The minimum absolute atomic E-state index is 0.569. The van der Waals surface area contributed by atoms with E-state index in [0.29, 0.717) is 5.92 Å². The van der Waals surface area contributed by atoms with Crippen molar-refractivity contribution in [3.8, 4) is 0 Å². The van der Waals surface area contributed by atoms with Gasteiger partial charge in [0.1, 0.15) is 0 Å². The lowest BCUT2D eigenvalue weighted by Gasteiger charge is -2.25. The lowest BCUT2D eigenvalue weighted by atomic mass is 9.82. The fourth-order valence-electron chi connectivity index (χ4n) is 2.59. The van der Waals surface area contributed by atoms with Crippen LogP contribution in [0.1, 0.15) is 57.2 Å². The molecule has 5 nitrogen and oxygen atoms in total. The molecule has 0 saturated heterocycles.